The fourth-order valence-corrected chi connectivity index (χ4v) is 2.48. The molecule has 1 rings (SSSR count). The maximum atomic E-state index is 5.96. The molecule has 1 heterocycles. The molecule has 0 saturated carbocycles. The predicted molar refractivity (Wildman–Crippen MR) is 73.5 cm³/mol. The first-order valence-electron chi connectivity index (χ1n) is 7.30. The molecule has 1 aliphatic heterocycles. The summed E-state index contributed by atoms with van der Waals surface area (Å²) in [6.07, 6.45) is 6.61. The Kier molecular flexibility index (Phi) is 7.82. The Labute approximate surface area is 107 Å². The number of ether oxygens (including phenoxy) is 1. The highest BCUT2D eigenvalue weighted by molar-refractivity contribution is 4.76. The van der Waals surface area contributed by atoms with Crippen LogP contribution in [0, 0.1) is 0 Å². The quantitative estimate of drug-likeness (QED) is 0.628. The first-order valence-corrected chi connectivity index (χ1v) is 7.30. The van der Waals surface area contributed by atoms with Crippen molar-refractivity contribution < 1.29 is 4.74 Å². The molecule has 3 heteroatoms. The number of nitrogens with one attached hydrogen (secondary N) is 1. The highest BCUT2D eigenvalue weighted by atomic mass is 16.5. The molecular weight excluding hydrogens is 212 g/mol. The number of likely N-dealkylation sites (tertiary alicyclic amines) is 1. The minimum atomic E-state index is 0.397. The summed E-state index contributed by atoms with van der Waals surface area (Å²) in [6.45, 7) is 8.70. The molecule has 102 valence electrons. The van der Waals surface area contributed by atoms with Crippen molar-refractivity contribution in [2.75, 3.05) is 33.3 Å². The van der Waals surface area contributed by atoms with Gasteiger partial charge < -0.3 is 15.0 Å². The van der Waals surface area contributed by atoms with Crippen LogP contribution in [-0.4, -0.2) is 50.3 Å². The second-order valence-corrected chi connectivity index (χ2v) is 5.17. The minimum absolute atomic E-state index is 0.397. The average molecular weight is 242 g/mol. The lowest BCUT2D eigenvalue weighted by molar-refractivity contribution is 0.0402. The highest BCUT2D eigenvalue weighted by Gasteiger charge is 2.20. The second kappa shape index (κ2) is 8.90. The van der Waals surface area contributed by atoms with Crippen molar-refractivity contribution in [3.8, 4) is 0 Å². The van der Waals surface area contributed by atoms with E-state index in [-0.39, 0.29) is 0 Å². The second-order valence-electron chi connectivity index (χ2n) is 5.17. The van der Waals surface area contributed by atoms with Crippen LogP contribution in [0.1, 0.15) is 46.0 Å². The number of nitrogens with zero attached hydrogens (tertiary/aromatic N) is 1. The van der Waals surface area contributed by atoms with E-state index >= 15 is 0 Å². The lowest BCUT2D eigenvalue weighted by atomic mass is 10.1. The van der Waals surface area contributed by atoms with Gasteiger partial charge in [0.15, 0.2) is 0 Å². The SMILES string of the molecule is CCCNCC(CC)OCCC1CCCN1C. The smallest absolute Gasteiger partial charge is 0.0696 e. The van der Waals surface area contributed by atoms with Crippen LogP contribution in [0.15, 0.2) is 0 Å². The Balaban J connectivity index is 2.06. The summed E-state index contributed by atoms with van der Waals surface area (Å²) < 4.78 is 5.96. The molecule has 3 nitrogen and oxygen atoms in total. The summed E-state index contributed by atoms with van der Waals surface area (Å²) in [5.41, 5.74) is 0. The number of hydrogen-bond acceptors (Lipinski definition) is 3. The molecule has 1 saturated heterocycles. The first-order chi connectivity index (χ1) is 8.27. The van der Waals surface area contributed by atoms with Crippen LogP contribution in [0.4, 0.5) is 0 Å². The van der Waals surface area contributed by atoms with E-state index < -0.39 is 0 Å². The van der Waals surface area contributed by atoms with Gasteiger partial charge in [0.2, 0.25) is 0 Å². The summed E-state index contributed by atoms with van der Waals surface area (Å²) in [7, 11) is 2.23. The van der Waals surface area contributed by atoms with E-state index in [1.165, 1.54) is 32.2 Å². The van der Waals surface area contributed by atoms with E-state index in [9.17, 15) is 0 Å². The van der Waals surface area contributed by atoms with Gasteiger partial charge in [-0.25, -0.2) is 0 Å². The Morgan fingerprint density at radius 3 is 2.82 bits per heavy atom. The summed E-state index contributed by atoms with van der Waals surface area (Å²) >= 11 is 0. The third-order valence-corrected chi connectivity index (χ3v) is 3.73. The van der Waals surface area contributed by atoms with Gasteiger partial charge in [-0.05, 0) is 52.2 Å². The molecule has 0 spiro atoms. The molecule has 0 aromatic heterocycles. The van der Waals surface area contributed by atoms with Gasteiger partial charge in [-0.15, -0.1) is 0 Å². The van der Waals surface area contributed by atoms with Gasteiger partial charge in [0.05, 0.1) is 6.10 Å². The normalized spacial score (nSPS) is 23.1. The van der Waals surface area contributed by atoms with Gasteiger partial charge in [0.25, 0.3) is 0 Å². The molecule has 0 amide bonds. The predicted octanol–water partition coefficient (Wildman–Crippen LogP) is 2.27. The Morgan fingerprint density at radius 1 is 1.41 bits per heavy atom. The van der Waals surface area contributed by atoms with Gasteiger partial charge in [-0.3, -0.25) is 0 Å². The standard InChI is InChI=1S/C14H30N2O/c1-4-9-15-12-14(5-2)17-11-8-13-7-6-10-16(13)3/h13-15H,4-12H2,1-3H3. The van der Waals surface area contributed by atoms with Crippen molar-refractivity contribution in [1.82, 2.24) is 10.2 Å². The van der Waals surface area contributed by atoms with E-state index in [4.69, 9.17) is 4.74 Å². The average Bonchev–Trinajstić information content (AvgIpc) is 2.73. The molecule has 1 N–H and O–H groups in total. The van der Waals surface area contributed by atoms with E-state index in [2.05, 4.69) is 31.1 Å². The monoisotopic (exact) mass is 242 g/mol. The first kappa shape index (κ1) is 14.9. The summed E-state index contributed by atoms with van der Waals surface area (Å²) in [6, 6.07) is 0.760. The third-order valence-electron chi connectivity index (χ3n) is 3.73. The minimum Gasteiger partial charge on any atom is -0.377 e. The van der Waals surface area contributed by atoms with Crippen LogP contribution in [0.2, 0.25) is 0 Å². The fourth-order valence-electron chi connectivity index (χ4n) is 2.48. The topological polar surface area (TPSA) is 24.5 Å². The molecule has 0 aromatic carbocycles. The van der Waals surface area contributed by atoms with Gasteiger partial charge >= 0.3 is 0 Å². The lowest BCUT2D eigenvalue weighted by Gasteiger charge is -2.21. The molecular formula is C14H30N2O. The van der Waals surface area contributed by atoms with Crippen molar-refractivity contribution >= 4 is 0 Å². The molecule has 1 aliphatic rings. The molecule has 1 fully saturated rings. The summed E-state index contributed by atoms with van der Waals surface area (Å²) in [4.78, 5) is 2.47. The van der Waals surface area contributed by atoms with Gasteiger partial charge in [0.1, 0.15) is 0 Å². The Morgan fingerprint density at radius 2 is 2.24 bits per heavy atom. The van der Waals surface area contributed by atoms with E-state index in [0.29, 0.717) is 6.10 Å². The summed E-state index contributed by atoms with van der Waals surface area (Å²) in [5, 5.41) is 3.44. The molecule has 0 aromatic rings. The van der Waals surface area contributed by atoms with E-state index in [0.717, 1.165) is 32.2 Å². The summed E-state index contributed by atoms with van der Waals surface area (Å²) in [5.74, 6) is 0. The maximum absolute atomic E-state index is 5.96. The van der Waals surface area contributed by atoms with E-state index in [1.807, 2.05) is 0 Å². The number of hydrogen-bond donors (Lipinski definition) is 1. The van der Waals surface area contributed by atoms with Crippen molar-refractivity contribution in [2.24, 2.45) is 0 Å². The molecule has 2 atom stereocenters. The van der Waals surface area contributed by atoms with Crippen LogP contribution in [0.5, 0.6) is 0 Å². The molecule has 17 heavy (non-hydrogen) atoms. The lowest BCUT2D eigenvalue weighted by Crippen LogP contribution is -2.31. The van der Waals surface area contributed by atoms with Crippen LogP contribution < -0.4 is 5.32 Å². The highest BCUT2D eigenvalue weighted by Crippen LogP contribution is 2.17. The van der Waals surface area contributed by atoms with Gasteiger partial charge in [-0.2, -0.15) is 0 Å². The molecule has 2 unspecified atom stereocenters. The Bertz CT molecular complexity index is 187. The number of rotatable bonds is 9. The zero-order chi connectivity index (χ0) is 12.5. The largest absolute Gasteiger partial charge is 0.377 e. The van der Waals surface area contributed by atoms with Crippen LogP contribution >= 0.6 is 0 Å². The molecule has 0 radical (unpaired) electrons. The van der Waals surface area contributed by atoms with Crippen LogP contribution in [0.25, 0.3) is 0 Å². The zero-order valence-electron chi connectivity index (χ0n) is 11.9. The Hall–Kier alpha value is -0.120. The van der Waals surface area contributed by atoms with Crippen LogP contribution in [0.3, 0.4) is 0 Å². The van der Waals surface area contributed by atoms with Crippen LogP contribution in [-0.2, 0) is 4.74 Å². The van der Waals surface area contributed by atoms with E-state index in [1.54, 1.807) is 0 Å². The van der Waals surface area contributed by atoms with Crippen molar-refractivity contribution in [2.45, 2.75) is 58.1 Å². The molecule has 0 bridgehead atoms. The zero-order valence-corrected chi connectivity index (χ0v) is 11.9. The maximum Gasteiger partial charge on any atom is 0.0696 e. The van der Waals surface area contributed by atoms with Crippen molar-refractivity contribution in [3.05, 3.63) is 0 Å². The van der Waals surface area contributed by atoms with Crippen molar-refractivity contribution in [1.29, 1.82) is 0 Å². The molecule has 0 aliphatic carbocycles. The third kappa shape index (κ3) is 5.84. The van der Waals surface area contributed by atoms with Gasteiger partial charge in [0, 0.05) is 19.2 Å². The fraction of sp³-hybridized carbons (Fsp3) is 1.00. The van der Waals surface area contributed by atoms with Crippen molar-refractivity contribution in [3.63, 3.8) is 0 Å². The van der Waals surface area contributed by atoms with Gasteiger partial charge in [-0.1, -0.05) is 13.8 Å².